The molecule has 2 heterocycles. The Morgan fingerprint density at radius 2 is 2.09 bits per heavy atom. The molecule has 0 aliphatic rings. The molecule has 3 aromatic rings. The van der Waals surface area contributed by atoms with Crippen molar-refractivity contribution in [3.63, 3.8) is 0 Å². The molecule has 23 heavy (non-hydrogen) atoms. The van der Waals surface area contributed by atoms with Crippen LogP contribution in [0, 0.1) is 5.92 Å². The lowest BCUT2D eigenvalue weighted by molar-refractivity contribution is -0.124. The van der Waals surface area contributed by atoms with Crippen LogP contribution in [0.4, 0.5) is 0 Å². The number of amides is 1. The Labute approximate surface area is 133 Å². The van der Waals surface area contributed by atoms with Crippen LogP contribution in [0.25, 0.3) is 11.0 Å². The fraction of sp³-hybridized carbons (Fsp3) is 0.176. The standard InChI is InChI=1S/C17H17N5O/c1-13(11-22-12-19-15-7-2-3-8-16(15)22)17(23)21-20-10-14-6-4-5-9-18-14/h2-10,12-13H,11H2,1H3,(H,21,23). The lowest BCUT2D eigenvalue weighted by Gasteiger charge is -2.11. The van der Waals surface area contributed by atoms with Crippen molar-refractivity contribution >= 4 is 23.2 Å². The summed E-state index contributed by atoms with van der Waals surface area (Å²) >= 11 is 0. The summed E-state index contributed by atoms with van der Waals surface area (Å²) in [6.45, 7) is 2.41. The molecule has 0 aliphatic carbocycles. The van der Waals surface area contributed by atoms with Crippen molar-refractivity contribution in [3.8, 4) is 0 Å². The molecule has 3 rings (SSSR count). The average Bonchev–Trinajstić information content (AvgIpc) is 2.99. The van der Waals surface area contributed by atoms with Gasteiger partial charge in [-0.05, 0) is 24.3 Å². The molecule has 1 amide bonds. The fourth-order valence-electron chi connectivity index (χ4n) is 2.26. The number of aromatic nitrogens is 3. The molecule has 2 aromatic heterocycles. The van der Waals surface area contributed by atoms with E-state index in [9.17, 15) is 4.79 Å². The number of hydrogen-bond acceptors (Lipinski definition) is 4. The van der Waals surface area contributed by atoms with Crippen LogP contribution < -0.4 is 5.43 Å². The third-order valence-corrected chi connectivity index (χ3v) is 3.50. The maximum atomic E-state index is 12.1. The van der Waals surface area contributed by atoms with Gasteiger partial charge in [0.2, 0.25) is 5.91 Å². The summed E-state index contributed by atoms with van der Waals surface area (Å²) in [4.78, 5) is 20.5. The van der Waals surface area contributed by atoms with Gasteiger partial charge in [0.15, 0.2) is 0 Å². The van der Waals surface area contributed by atoms with Gasteiger partial charge < -0.3 is 4.57 Å². The number of nitrogens with zero attached hydrogens (tertiary/aromatic N) is 4. The van der Waals surface area contributed by atoms with Crippen molar-refractivity contribution in [3.05, 3.63) is 60.7 Å². The Morgan fingerprint density at radius 3 is 2.91 bits per heavy atom. The third kappa shape index (κ3) is 3.60. The van der Waals surface area contributed by atoms with E-state index < -0.39 is 0 Å². The molecule has 6 nitrogen and oxygen atoms in total. The summed E-state index contributed by atoms with van der Waals surface area (Å²) in [6, 6.07) is 13.4. The molecule has 0 radical (unpaired) electrons. The van der Waals surface area contributed by atoms with Gasteiger partial charge in [0, 0.05) is 12.7 Å². The van der Waals surface area contributed by atoms with Gasteiger partial charge in [0.1, 0.15) is 0 Å². The van der Waals surface area contributed by atoms with Crippen LogP contribution in [0.15, 0.2) is 60.1 Å². The maximum Gasteiger partial charge on any atom is 0.244 e. The minimum absolute atomic E-state index is 0.144. The first-order valence-electron chi connectivity index (χ1n) is 7.38. The normalized spacial score (nSPS) is 12.6. The number of carbonyl (C=O) groups is 1. The zero-order valence-electron chi connectivity index (χ0n) is 12.8. The number of hydrogen-bond donors (Lipinski definition) is 1. The van der Waals surface area contributed by atoms with Crippen LogP contribution in [0.5, 0.6) is 0 Å². The maximum absolute atomic E-state index is 12.1. The number of pyridine rings is 1. The summed E-state index contributed by atoms with van der Waals surface area (Å²) in [5.41, 5.74) is 5.19. The molecule has 0 saturated carbocycles. The second kappa shape index (κ2) is 6.83. The molecule has 6 heteroatoms. The van der Waals surface area contributed by atoms with Gasteiger partial charge in [0.05, 0.1) is 35.2 Å². The number of rotatable bonds is 5. The average molecular weight is 307 g/mol. The minimum atomic E-state index is -0.228. The van der Waals surface area contributed by atoms with Crippen LogP contribution >= 0.6 is 0 Å². The highest BCUT2D eigenvalue weighted by Gasteiger charge is 2.14. The SMILES string of the molecule is CC(Cn1cnc2ccccc21)C(=O)NN=Cc1ccccn1. The number of para-hydroxylation sites is 2. The molecule has 0 saturated heterocycles. The number of benzene rings is 1. The van der Waals surface area contributed by atoms with Gasteiger partial charge in [-0.25, -0.2) is 10.4 Å². The molecular weight excluding hydrogens is 290 g/mol. The number of carbonyl (C=O) groups excluding carboxylic acids is 1. The van der Waals surface area contributed by atoms with E-state index in [-0.39, 0.29) is 11.8 Å². The van der Waals surface area contributed by atoms with Crippen molar-refractivity contribution in [2.75, 3.05) is 0 Å². The number of fused-ring (bicyclic) bond motifs is 1. The lowest BCUT2D eigenvalue weighted by atomic mass is 10.1. The van der Waals surface area contributed by atoms with Gasteiger partial charge in [0.25, 0.3) is 0 Å². The number of nitrogens with one attached hydrogen (secondary N) is 1. The Morgan fingerprint density at radius 1 is 1.26 bits per heavy atom. The van der Waals surface area contributed by atoms with Crippen LogP contribution in [0.3, 0.4) is 0 Å². The topological polar surface area (TPSA) is 72.2 Å². The Balaban J connectivity index is 1.60. The fourth-order valence-corrected chi connectivity index (χ4v) is 2.26. The van der Waals surface area contributed by atoms with Crippen molar-refractivity contribution in [1.82, 2.24) is 20.0 Å². The zero-order chi connectivity index (χ0) is 16.1. The largest absolute Gasteiger partial charge is 0.330 e. The predicted molar refractivity (Wildman–Crippen MR) is 88.9 cm³/mol. The van der Waals surface area contributed by atoms with Gasteiger partial charge in [-0.3, -0.25) is 9.78 Å². The molecule has 1 unspecified atom stereocenters. The quantitative estimate of drug-likeness (QED) is 0.580. The van der Waals surface area contributed by atoms with E-state index in [1.165, 1.54) is 6.21 Å². The molecule has 0 aliphatic heterocycles. The van der Waals surface area contributed by atoms with E-state index >= 15 is 0 Å². The van der Waals surface area contributed by atoms with Crippen molar-refractivity contribution in [2.45, 2.75) is 13.5 Å². The highest BCUT2D eigenvalue weighted by atomic mass is 16.2. The predicted octanol–water partition coefficient (Wildman–Crippen LogP) is 2.22. The first kappa shape index (κ1) is 14.9. The van der Waals surface area contributed by atoms with Gasteiger partial charge in [-0.1, -0.05) is 25.1 Å². The van der Waals surface area contributed by atoms with Crippen LogP contribution in [0.1, 0.15) is 12.6 Å². The first-order valence-corrected chi connectivity index (χ1v) is 7.38. The first-order chi connectivity index (χ1) is 11.2. The highest BCUT2D eigenvalue weighted by molar-refractivity contribution is 5.82. The second-order valence-electron chi connectivity index (χ2n) is 5.28. The van der Waals surface area contributed by atoms with E-state index in [0.29, 0.717) is 12.2 Å². The molecule has 1 aromatic carbocycles. The Hall–Kier alpha value is -3.02. The smallest absolute Gasteiger partial charge is 0.244 e. The van der Waals surface area contributed by atoms with E-state index in [1.807, 2.05) is 54.0 Å². The summed E-state index contributed by atoms with van der Waals surface area (Å²) in [5, 5.41) is 3.94. The number of hydrazone groups is 1. The van der Waals surface area contributed by atoms with Crippen molar-refractivity contribution in [1.29, 1.82) is 0 Å². The minimum Gasteiger partial charge on any atom is -0.330 e. The van der Waals surface area contributed by atoms with Crippen LogP contribution in [-0.2, 0) is 11.3 Å². The molecule has 1 N–H and O–H groups in total. The molecule has 116 valence electrons. The van der Waals surface area contributed by atoms with Crippen molar-refractivity contribution in [2.24, 2.45) is 11.0 Å². The van der Waals surface area contributed by atoms with Crippen molar-refractivity contribution < 1.29 is 4.79 Å². The molecule has 0 fully saturated rings. The summed E-state index contributed by atoms with van der Waals surface area (Å²) in [5.74, 6) is -0.372. The van der Waals surface area contributed by atoms with Crippen LogP contribution in [0.2, 0.25) is 0 Å². The summed E-state index contributed by atoms with van der Waals surface area (Å²) in [6.07, 6.45) is 4.96. The second-order valence-corrected chi connectivity index (χ2v) is 5.28. The molecule has 0 bridgehead atoms. The zero-order valence-corrected chi connectivity index (χ0v) is 12.8. The van der Waals surface area contributed by atoms with E-state index in [0.717, 1.165) is 11.0 Å². The lowest BCUT2D eigenvalue weighted by Crippen LogP contribution is -2.28. The van der Waals surface area contributed by atoms with Gasteiger partial charge in [-0.15, -0.1) is 0 Å². The van der Waals surface area contributed by atoms with Crippen LogP contribution in [-0.4, -0.2) is 26.7 Å². The monoisotopic (exact) mass is 307 g/mol. The summed E-state index contributed by atoms with van der Waals surface area (Å²) < 4.78 is 1.97. The van der Waals surface area contributed by atoms with E-state index in [4.69, 9.17) is 0 Å². The molecule has 1 atom stereocenters. The highest BCUT2D eigenvalue weighted by Crippen LogP contribution is 2.13. The van der Waals surface area contributed by atoms with E-state index in [2.05, 4.69) is 20.5 Å². The Bertz CT molecular complexity index is 825. The number of imidazole rings is 1. The molecular formula is C17H17N5O. The Kier molecular flexibility index (Phi) is 4.42. The molecule has 0 spiro atoms. The van der Waals surface area contributed by atoms with Gasteiger partial charge >= 0.3 is 0 Å². The summed E-state index contributed by atoms with van der Waals surface area (Å²) in [7, 11) is 0. The van der Waals surface area contributed by atoms with E-state index in [1.54, 1.807) is 12.5 Å². The third-order valence-electron chi connectivity index (χ3n) is 3.50. The van der Waals surface area contributed by atoms with Gasteiger partial charge in [-0.2, -0.15) is 5.10 Å².